The number of H-pyrrole nitrogens is 1. The van der Waals surface area contributed by atoms with Crippen LogP contribution in [0.1, 0.15) is 40.5 Å². The summed E-state index contributed by atoms with van der Waals surface area (Å²) in [7, 11) is 0. The Balaban J connectivity index is 1.40. The van der Waals surface area contributed by atoms with Crippen molar-refractivity contribution in [3.63, 3.8) is 0 Å². The first kappa shape index (κ1) is 22.2. The van der Waals surface area contributed by atoms with Crippen LogP contribution in [-0.4, -0.2) is 45.3 Å². The number of halogens is 2. The van der Waals surface area contributed by atoms with E-state index in [1.165, 1.54) is 12.1 Å². The van der Waals surface area contributed by atoms with Crippen molar-refractivity contribution in [2.24, 2.45) is 0 Å². The van der Waals surface area contributed by atoms with Gasteiger partial charge in [0.25, 0.3) is 5.91 Å². The maximum atomic E-state index is 14.1. The fourth-order valence-electron chi connectivity index (χ4n) is 3.95. The summed E-state index contributed by atoms with van der Waals surface area (Å²) >= 11 is 5.83. The highest BCUT2D eigenvalue weighted by atomic mass is 35.5. The number of ether oxygens (including phenoxy) is 1. The van der Waals surface area contributed by atoms with Gasteiger partial charge in [-0.15, -0.1) is 0 Å². The van der Waals surface area contributed by atoms with E-state index < -0.39 is 17.8 Å². The Kier molecular flexibility index (Phi) is 6.37. The monoisotopic (exact) mass is 480 g/mol. The molecule has 10 heteroatoms. The van der Waals surface area contributed by atoms with Crippen LogP contribution in [0.5, 0.6) is 0 Å². The minimum absolute atomic E-state index is 0.0102. The number of pyridine rings is 2. The number of rotatable bonds is 6. The van der Waals surface area contributed by atoms with Gasteiger partial charge in [0, 0.05) is 48.7 Å². The highest BCUT2D eigenvalue weighted by Crippen LogP contribution is 2.26. The molecule has 0 aliphatic carbocycles. The van der Waals surface area contributed by atoms with Crippen LogP contribution in [0.25, 0.3) is 10.9 Å². The molecule has 34 heavy (non-hydrogen) atoms. The number of nitrogens with zero attached hydrogens (tertiary/aromatic N) is 3. The minimum Gasteiger partial charge on any atom is -0.381 e. The van der Waals surface area contributed by atoms with E-state index in [1.54, 1.807) is 36.8 Å². The van der Waals surface area contributed by atoms with Crippen molar-refractivity contribution in [3.05, 3.63) is 82.6 Å². The lowest BCUT2D eigenvalue weighted by atomic mass is 10.0. The zero-order valence-corrected chi connectivity index (χ0v) is 18.8. The molecule has 1 saturated heterocycles. The van der Waals surface area contributed by atoms with E-state index in [-0.39, 0.29) is 10.7 Å². The molecule has 5 rings (SSSR count). The van der Waals surface area contributed by atoms with E-state index in [9.17, 15) is 9.18 Å². The van der Waals surface area contributed by atoms with Crippen LogP contribution < -0.4 is 10.6 Å². The van der Waals surface area contributed by atoms with E-state index in [1.807, 2.05) is 6.07 Å². The number of benzene rings is 1. The molecular formula is C24H22ClFN6O2. The van der Waals surface area contributed by atoms with Gasteiger partial charge in [-0.05, 0) is 42.7 Å². The lowest BCUT2D eigenvalue weighted by Crippen LogP contribution is -2.30. The predicted molar refractivity (Wildman–Crippen MR) is 126 cm³/mol. The third-order valence-corrected chi connectivity index (χ3v) is 6.09. The zero-order chi connectivity index (χ0) is 23.5. The molecule has 1 amide bonds. The topological polar surface area (TPSA) is 105 Å². The second-order valence-corrected chi connectivity index (χ2v) is 8.51. The number of fused-ring (bicyclic) bond motifs is 1. The van der Waals surface area contributed by atoms with Gasteiger partial charge in [0.1, 0.15) is 17.3 Å². The Bertz CT molecular complexity index is 1310. The first-order valence-electron chi connectivity index (χ1n) is 10.9. The van der Waals surface area contributed by atoms with Crippen LogP contribution in [0.2, 0.25) is 5.02 Å². The van der Waals surface area contributed by atoms with E-state index in [4.69, 9.17) is 16.3 Å². The predicted octanol–water partition coefficient (Wildman–Crippen LogP) is 4.26. The molecule has 4 heterocycles. The Morgan fingerprint density at radius 2 is 2.00 bits per heavy atom. The number of amides is 1. The maximum Gasteiger partial charge on any atom is 0.270 e. The standard InChI is InChI=1S/C24H22ClFN6O2/c25-18-3-1-14(9-19(18)26)23(16-12-28-29-13-16)32-24(33)20-4-2-15-11-27-22(10-21(15)31-20)30-17-5-7-34-8-6-17/h1-4,9-13,17,23H,5-8H2,(H,27,30)(H,28,29)(H,32,33). The lowest BCUT2D eigenvalue weighted by Gasteiger charge is -2.23. The molecule has 1 aliphatic heterocycles. The number of carbonyl (C=O) groups excluding carboxylic acids is 1. The van der Waals surface area contributed by atoms with E-state index in [2.05, 4.69) is 30.8 Å². The third-order valence-electron chi connectivity index (χ3n) is 5.78. The van der Waals surface area contributed by atoms with Gasteiger partial charge < -0.3 is 15.4 Å². The van der Waals surface area contributed by atoms with Crippen molar-refractivity contribution in [2.45, 2.75) is 24.9 Å². The number of nitrogens with one attached hydrogen (secondary N) is 3. The van der Waals surface area contributed by atoms with Crippen LogP contribution >= 0.6 is 11.6 Å². The van der Waals surface area contributed by atoms with Crippen LogP contribution in [0.15, 0.2) is 55.0 Å². The molecule has 3 N–H and O–H groups in total. The summed E-state index contributed by atoms with van der Waals surface area (Å²) in [6.07, 6.45) is 6.78. The average molecular weight is 481 g/mol. The van der Waals surface area contributed by atoms with Gasteiger partial charge in [-0.3, -0.25) is 9.89 Å². The van der Waals surface area contributed by atoms with Gasteiger partial charge in [0.15, 0.2) is 0 Å². The molecule has 174 valence electrons. The molecule has 4 aromatic rings. The van der Waals surface area contributed by atoms with Gasteiger partial charge in [-0.1, -0.05) is 17.7 Å². The Morgan fingerprint density at radius 1 is 1.15 bits per heavy atom. The molecule has 1 atom stereocenters. The minimum atomic E-state index is -0.640. The highest BCUT2D eigenvalue weighted by molar-refractivity contribution is 6.30. The summed E-state index contributed by atoms with van der Waals surface area (Å²) in [6, 6.07) is 9.35. The number of hydrogen-bond acceptors (Lipinski definition) is 6. The first-order valence-corrected chi connectivity index (χ1v) is 11.3. The van der Waals surface area contributed by atoms with Gasteiger partial charge >= 0.3 is 0 Å². The lowest BCUT2D eigenvalue weighted by molar-refractivity contribution is 0.0903. The molecule has 0 bridgehead atoms. The molecule has 1 aliphatic rings. The van der Waals surface area contributed by atoms with Crippen LogP contribution in [0.4, 0.5) is 10.2 Å². The number of carbonyl (C=O) groups is 1. The molecule has 0 spiro atoms. The summed E-state index contributed by atoms with van der Waals surface area (Å²) < 4.78 is 19.5. The molecular weight excluding hydrogens is 459 g/mol. The smallest absolute Gasteiger partial charge is 0.270 e. The second-order valence-electron chi connectivity index (χ2n) is 8.10. The summed E-state index contributed by atoms with van der Waals surface area (Å²) in [4.78, 5) is 22.2. The molecule has 1 aromatic carbocycles. The normalized spacial score (nSPS) is 15.2. The van der Waals surface area contributed by atoms with Crippen molar-refractivity contribution in [3.8, 4) is 0 Å². The quantitative estimate of drug-likeness (QED) is 0.381. The SMILES string of the molecule is O=C(NC(c1cn[nH]c1)c1ccc(Cl)c(F)c1)c1ccc2cnc(NC3CCOCC3)cc2n1. The van der Waals surface area contributed by atoms with E-state index in [0.717, 1.165) is 31.4 Å². The van der Waals surface area contributed by atoms with E-state index >= 15 is 0 Å². The fraction of sp³-hybridized carbons (Fsp3) is 0.250. The number of hydrogen-bond donors (Lipinski definition) is 3. The van der Waals surface area contributed by atoms with Crippen molar-refractivity contribution >= 4 is 34.2 Å². The van der Waals surface area contributed by atoms with Crippen molar-refractivity contribution in [2.75, 3.05) is 18.5 Å². The van der Waals surface area contributed by atoms with Crippen LogP contribution in [-0.2, 0) is 4.74 Å². The molecule has 1 unspecified atom stereocenters. The maximum absolute atomic E-state index is 14.1. The summed E-state index contributed by atoms with van der Waals surface area (Å²) in [5.41, 5.74) is 2.08. The number of aromatic amines is 1. The van der Waals surface area contributed by atoms with Gasteiger partial charge in [0.2, 0.25) is 0 Å². The Hall–Kier alpha value is -3.56. The highest BCUT2D eigenvalue weighted by Gasteiger charge is 2.21. The van der Waals surface area contributed by atoms with Crippen LogP contribution in [0.3, 0.4) is 0 Å². The largest absolute Gasteiger partial charge is 0.381 e. The summed E-state index contributed by atoms with van der Waals surface area (Å²) in [5.74, 6) is -0.264. The molecule has 3 aromatic heterocycles. The Morgan fingerprint density at radius 3 is 2.76 bits per heavy atom. The van der Waals surface area contributed by atoms with Crippen molar-refractivity contribution in [1.82, 2.24) is 25.5 Å². The van der Waals surface area contributed by atoms with Gasteiger partial charge in [-0.25, -0.2) is 14.4 Å². The van der Waals surface area contributed by atoms with Crippen molar-refractivity contribution in [1.29, 1.82) is 0 Å². The zero-order valence-electron chi connectivity index (χ0n) is 18.1. The average Bonchev–Trinajstić information content (AvgIpc) is 3.39. The fourth-order valence-corrected chi connectivity index (χ4v) is 4.07. The number of aromatic nitrogens is 4. The second kappa shape index (κ2) is 9.74. The van der Waals surface area contributed by atoms with Gasteiger partial charge in [-0.2, -0.15) is 5.10 Å². The molecule has 1 fully saturated rings. The van der Waals surface area contributed by atoms with E-state index in [0.29, 0.717) is 28.5 Å². The van der Waals surface area contributed by atoms with Gasteiger partial charge in [0.05, 0.1) is 22.8 Å². The Labute approximate surface area is 199 Å². The summed E-state index contributed by atoms with van der Waals surface area (Å²) in [5, 5.41) is 13.9. The third kappa shape index (κ3) is 4.85. The number of anilines is 1. The molecule has 0 saturated carbocycles. The van der Waals surface area contributed by atoms with Crippen LogP contribution in [0, 0.1) is 5.82 Å². The molecule has 0 radical (unpaired) electrons. The molecule has 8 nitrogen and oxygen atoms in total. The summed E-state index contributed by atoms with van der Waals surface area (Å²) in [6.45, 7) is 1.45. The first-order chi connectivity index (χ1) is 16.6. The van der Waals surface area contributed by atoms with Crippen molar-refractivity contribution < 1.29 is 13.9 Å².